The van der Waals surface area contributed by atoms with Gasteiger partial charge < -0.3 is 25.1 Å². The van der Waals surface area contributed by atoms with Gasteiger partial charge in [-0.15, -0.1) is 0 Å². The van der Waals surface area contributed by atoms with Crippen LogP contribution in [0.3, 0.4) is 0 Å². The number of ether oxygens (including phenoxy) is 2. The highest BCUT2D eigenvalue weighted by Crippen LogP contribution is 2.18. The number of carboxylic acid groups (broad SMARTS) is 1. The number of aryl methyl sites for hydroxylation is 2. The molecule has 0 aliphatic rings. The second-order valence-corrected chi connectivity index (χ2v) is 10.9. The summed E-state index contributed by atoms with van der Waals surface area (Å²) in [6, 6.07) is 38.3. The van der Waals surface area contributed by atoms with E-state index in [1.165, 1.54) is 22.3 Å². The zero-order valence-corrected chi connectivity index (χ0v) is 26.1. The molecular formula is C37H43F3N2O4. The molecule has 0 aromatic heterocycles. The van der Waals surface area contributed by atoms with Crippen molar-refractivity contribution in [3.05, 3.63) is 131 Å². The van der Waals surface area contributed by atoms with Crippen LogP contribution in [0.2, 0.25) is 0 Å². The number of rotatable bonds is 17. The van der Waals surface area contributed by atoms with Gasteiger partial charge in [-0.3, -0.25) is 4.90 Å². The van der Waals surface area contributed by atoms with Gasteiger partial charge in [0.05, 0.1) is 19.8 Å². The molecule has 0 heterocycles. The summed E-state index contributed by atoms with van der Waals surface area (Å²) in [6.07, 6.45) is 0.0124. The third kappa shape index (κ3) is 14.6. The smallest absolute Gasteiger partial charge is 0.430 e. The van der Waals surface area contributed by atoms with Crippen LogP contribution in [0.1, 0.15) is 41.5 Å². The molecule has 4 rings (SSSR count). The monoisotopic (exact) mass is 636 g/mol. The summed E-state index contributed by atoms with van der Waals surface area (Å²) in [5, 5.41) is 8.78. The Morgan fingerprint density at radius 1 is 0.630 bits per heavy atom. The maximum atomic E-state index is 10.5. The van der Waals surface area contributed by atoms with Gasteiger partial charge >= 0.3 is 6.18 Å². The average molecular weight is 637 g/mol. The van der Waals surface area contributed by atoms with Crippen LogP contribution < -0.4 is 20.3 Å². The molecule has 46 heavy (non-hydrogen) atoms. The molecule has 0 fully saturated rings. The first kappa shape index (κ1) is 36.1. The Hall–Kier alpha value is -4.34. The SMILES string of the molecule is O=C([O-])C(F)(F)F.[NH3+]CCCN(Cc1ccc(OCCCc2ccccc2)cc1)Cc1ccc(OCCCc2ccccc2)cc1. The van der Waals surface area contributed by atoms with Crippen molar-refractivity contribution in [2.24, 2.45) is 0 Å². The van der Waals surface area contributed by atoms with E-state index in [0.717, 1.165) is 83.0 Å². The van der Waals surface area contributed by atoms with Gasteiger partial charge in [0.25, 0.3) is 0 Å². The maximum absolute atomic E-state index is 10.5. The van der Waals surface area contributed by atoms with E-state index in [1.807, 2.05) is 0 Å². The Balaban J connectivity index is 0.000000738. The molecule has 0 spiro atoms. The average Bonchev–Trinajstić information content (AvgIpc) is 3.06. The molecule has 9 heteroatoms. The molecule has 0 saturated heterocycles. The number of quaternary nitrogens is 1. The van der Waals surface area contributed by atoms with Crippen molar-refractivity contribution in [3.63, 3.8) is 0 Å². The molecule has 0 saturated carbocycles. The van der Waals surface area contributed by atoms with E-state index in [1.54, 1.807) is 0 Å². The Bertz CT molecular complexity index is 1290. The lowest BCUT2D eigenvalue weighted by atomic mass is 10.1. The van der Waals surface area contributed by atoms with Crippen molar-refractivity contribution in [1.82, 2.24) is 4.90 Å². The van der Waals surface area contributed by atoms with Gasteiger partial charge in [-0.25, -0.2) is 0 Å². The fourth-order valence-electron chi connectivity index (χ4n) is 4.67. The standard InChI is InChI=1S/C35H42N2O2.C2HF3O2/c36-24-9-25-37(28-32-16-20-34(21-17-32)38-26-7-14-30-10-3-1-4-11-30)29-33-18-22-35(23-19-33)39-27-8-15-31-12-5-2-6-13-31;3-2(4,5)1(6)7/h1-6,10-13,16-23H,7-9,14-15,24-29,36H2;(H,6,7). The van der Waals surface area contributed by atoms with E-state index < -0.39 is 12.1 Å². The summed E-state index contributed by atoms with van der Waals surface area (Å²) in [5.74, 6) is -1.13. The fraction of sp³-hybridized carbons (Fsp3) is 0.324. The number of benzene rings is 4. The highest BCUT2D eigenvalue weighted by Gasteiger charge is 2.28. The Kier molecular flexibility index (Phi) is 15.6. The molecule has 0 unspecified atom stereocenters. The second kappa shape index (κ2) is 19.9. The van der Waals surface area contributed by atoms with Crippen LogP contribution in [0.15, 0.2) is 109 Å². The van der Waals surface area contributed by atoms with Crippen molar-refractivity contribution in [2.45, 2.75) is 51.4 Å². The molecule has 0 radical (unpaired) electrons. The van der Waals surface area contributed by atoms with Crippen LogP contribution in [-0.4, -0.2) is 43.3 Å². The maximum Gasteiger partial charge on any atom is 0.430 e. The van der Waals surface area contributed by atoms with Gasteiger partial charge in [0.15, 0.2) is 0 Å². The van der Waals surface area contributed by atoms with Crippen LogP contribution in [-0.2, 0) is 30.7 Å². The fourth-order valence-corrected chi connectivity index (χ4v) is 4.67. The van der Waals surface area contributed by atoms with Crippen LogP contribution in [0.25, 0.3) is 0 Å². The first-order valence-corrected chi connectivity index (χ1v) is 15.5. The Morgan fingerprint density at radius 2 is 1.02 bits per heavy atom. The summed E-state index contributed by atoms with van der Waals surface area (Å²) >= 11 is 0. The normalized spacial score (nSPS) is 11.1. The van der Waals surface area contributed by atoms with Crippen molar-refractivity contribution in [2.75, 3.05) is 26.3 Å². The highest BCUT2D eigenvalue weighted by atomic mass is 19.4. The molecule has 0 aliphatic carbocycles. The second-order valence-electron chi connectivity index (χ2n) is 10.9. The minimum Gasteiger partial charge on any atom is -0.542 e. The molecule has 3 N–H and O–H groups in total. The van der Waals surface area contributed by atoms with E-state index in [2.05, 4.69) is 120 Å². The quantitative estimate of drug-likeness (QED) is 0.152. The summed E-state index contributed by atoms with van der Waals surface area (Å²) in [4.78, 5) is 11.3. The number of alkyl halides is 3. The van der Waals surface area contributed by atoms with Gasteiger partial charge in [0.1, 0.15) is 17.5 Å². The third-order valence-corrected chi connectivity index (χ3v) is 7.06. The minimum atomic E-state index is -5.19. The molecule has 4 aromatic rings. The highest BCUT2D eigenvalue weighted by molar-refractivity contribution is 5.70. The molecule has 0 atom stereocenters. The molecule has 0 aliphatic heterocycles. The summed E-state index contributed by atoms with van der Waals surface area (Å²) in [5.41, 5.74) is 9.37. The van der Waals surface area contributed by atoms with Crippen LogP contribution in [0, 0.1) is 0 Å². The van der Waals surface area contributed by atoms with E-state index in [4.69, 9.17) is 19.4 Å². The number of carbonyl (C=O) groups is 1. The molecule has 0 amide bonds. The lowest BCUT2D eigenvalue weighted by molar-refractivity contribution is -0.368. The van der Waals surface area contributed by atoms with Crippen molar-refractivity contribution in [3.8, 4) is 11.5 Å². The summed E-state index contributed by atoms with van der Waals surface area (Å²) in [6.45, 7) is 5.26. The first-order chi connectivity index (χ1) is 22.2. The van der Waals surface area contributed by atoms with Crippen LogP contribution in [0.5, 0.6) is 11.5 Å². The summed E-state index contributed by atoms with van der Waals surface area (Å²) in [7, 11) is 0. The number of aliphatic carboxylic acids is 1. The molecule has 246 valence electrons. The topological polar surface area (TPSA) is 89.5 Å². The first-order valence-electron chi connectivity index (χ1n) is 15.5. The molecule has 6 nitrogen and oxygen atoms in total. The lowest BCUT2D eigenvalue weighted by Gasteiger charge is -2.22. The predicted octanol–water partition coefficient (Wildman–Crippen LogP) is 5.64. The molecule has 0 bridgehead atoms. The summed E-state index contributed by atoms with van der Waals surface area (Å²) < 4.78 is 43.5. The number of halogens is 3. The van der Waals surface area contributed by atoms with Gasteiger partial charge in [-0.1, -0.05) is 84.9 Å². The third-order valence-electron chi connectivity index (χ3n) is 7.06. The number of hydrogen-bond donors (Lipinski definition) is 1. The minimum absolute atomic E-state index is 0.733. The van der Waals surface area contributed by atoms with Crippen LogP contribution >= 0.6 is 0 Å². The zero-order valence-electron chi connectivity index (χ0n) is 26.1. The predicted molar refractivity (Wildman–Crippen MR) is 171 cm³/mol. The van der Waals surface area contributed by atoms with Crippen molar-refractivity contribution < 1.29 is 38.3 Å². The van der Waals surface area contributed by atoms with E-state index in [9.17, 15) is 13.2 Å². The van der Waals surface area contributed by atoms with E-state index in [-0.39, 0.29) is 0 Å². The zero-order chi connectivity index (χ0) is 33.0. The number of nitrogens with zero attached hydrogens (tertiary/aromatic N) is 1. The molecule has 4 aromatic carbocycles. The van der Waals surface area contributed by atoms with Gasteiger partial charge in [-0.05, 0) is 72.2 Å². The Morgan fingerprint density at radius 3 is 1.37 bits per heavy atom. The van der Waals surface area contributed by atoms with Crippen molar-refractivity contribution in [1.29, 1.82) is 0 Å². The largest absolute Gasteiger partial charge is 0.542 e. The van der Waals surface area contributed by atoms with E-state index >= 15 is 0 Å². The van der Waals surface area contributed by atoms with Crippen LogP contribution in [0.4, 0.5) is 13.2 Å². The van der Waals surface area contributed by atoms with Gasteiger partial charge in [-0.2, -0.15) is 13.2 Å². The number of carbonyl (C=O) groups excluding carboxylic acids is 1. The van der Waals surface area contributed by atoms with Gasteiger partial charge in [0.2, 0.25) is 0 Å². The lowest BCUT2D eigenvalue weighted by Crippen LogP contribution is -2.51. The number of hydrogen-bond acceptors (Lipinski definition) is 5. The Labute approximate surface area is 269 Å². The van der Waals surface area contributed by atoms with Gasteiger partial charge in [0, 0.05) is 26.1 Å². The van der Waals surface area contributed by atoms with Crippen molar-refractivity contribution >= 4 is 5.97 Å². The number of carboxylic acids is 1. The molecular weight excluding hydrogens is 593 g/mol. The van der Waals surface area contributed by atoms with E-state index in [0.29, 0.717) is 0 Å².